The van der Waals surface area contributed by atoms with E-state index in [1.807, 2.05) is 6.92 Å². The minimum atomic E-state index is -4.74. The topological polar surface area (TPSA) is 20.2 Å². The zero-order valence-corrected chi connectivity index (χ0v) is 10.6. The number of halogens is 4. The van der Waals surface area contributed by atoms with Gasteiger partial charge in [-0.05, 0) is 30.2 Å². The number of hydrogen-bond donors (Lipinski definition) is 1. The second kappa shape index (κ2) is 5.25. The molecule has 0 aromatic heterocycles. The van der Waals surface area contributed by atoms with Gasteiger partial charge in [-0.2, -0.15) is 13.2 Å². The van der Waals surface area contributed by atoms with Gasteiger partial charge in [0.25, 0.3) is 0 Å². The van der Waals surface area contributed by atoms with Gasteiger partial charge in [0.05, 0.1) is 5.56 Å². The zero-order chi connectivity index (χ0) is 14.9. The van der Waals surface area contributed by atoms with E-state index < -0.39 is 23.7 Å². The molecule has 1 unspecified atom stereocenters. The zero-order valence-electron chi connectivity index (χ0n) is 10.6. The maximum Gasteiger partial charge on any atom is 0.419 e. The van der Waals surface area contributed by atoms with E-state index in [1.54, 1.807) is 24.3 Å². The van der Waals surface area contributed by atoms with Gasteiger partial charge in [-0.1, -0.05) is 35.9 Å². The van der Waals surface area contributed by atoms with E-state index in [0.29, 0.717) is 17.7 Å². The molecule has 2 aromatic rings. The fourth-order valence-electron chi connectivity index (χ4n) is 1.87. The van der Waals surface area contributed by atoms with Crippen LogP contribution in [0.25, 0.3) is 0 Å². The number of aliphatic hydroxyl groups is 1. The van der Waals surface area contributed by atoms with Crippen LogP contribution < -0.4 is 0 Å². The number of aryl methyl sites for hydroxylation is 1. The summed E-state index contributed by atoms with van der Waals surface area (Å²) in [5.41, 5.74) is 0.228. The Balaban J connectivity index is 2.34. The second-order valence-corrected chi connectivity index (χ2v) is 4.55. The van der Waals surface area contributed by atoms with Gasteiger partial charge in [0.1, 0.15) is 11.9 Å². The molecule has 0 amide bonds. The van der Waals surface area contributed by atoms with Crippen molar-refractivity contribution in [2.45, 2.75) is 19.2 Å². The number of aliphatic hydroxyl groups excluding tert-OH is 1. The highest BCUT2D eigenvalue weighted by atomic mass is 19.4. The minimum Gasteiger partial charge on any atom is -0.384 e. The molecule has 2 aromatic carbocycles. The van der Waals surface area contributed by atoms with Crippen LogP contribution in [-0.4, -0.2) is 5.11 Å². The van der Waals surface area contributed by atoms with Gasteiger partial charge in [0.15, 0.2) is 0 Å². The van der Waals surface area contributed by atoms with Crippen molar-refractivity contribution < 1.29 is 22.7 Å². The average Bonchev–Trinajstić information content (AvgIpc) is 2.37. The van der Waals surface area contributed by atoms with Crippen LogP contribution in [0.3, 0.4) is 0 Å². The van der Waals surface area contributed by atoms with E-state index in [4.69, 9.17) is 0 Å². The summed E-state index contributed by atoms with van der Waals surface area (Å²) in [5, 5.41) is 10.1. The summed E-state index contributed by atoms with van der Waals surface area (Å²) in [6, 6.07) is 9.26. The van der Waals surface area contributed by atoms with Crippen LogP contribution >= 0.6 is 0 Å². The molecule has 106 valence electrons. The SMILES string of the molecule is Cc1ccc(C(O)c2ccc(C(F)(F)F)c(F)c2)cc1. The molecule has 1 atom stereocenters. The first-order chi connectivity index (χ1) is 9.29. The van der Waals surface area contributed by atoms with Crippen molar-refractivity contribution in [2.24, 2.45) is 0 Å². The lowest BCUT2D eigenvalue weighted by Gasteiger charge is -2.14. The van der Waals surface area contributed by atoms with Crippen LogP contribution in [0.2, 0.25) is 0 Å². The van der Waals surface area contributed by atoms with Crippen LogP contribution in [0.5, 0.6) is 0 Å². The van der Waals surface area contributed by atoms with Crippen LogP contribution in [0, 0.1) is 12.7 Å². The lowest BCUT2D eigenvalue weighted by molar-refractivity contribution is -0.140. The second-order valence-electron chi connectivity index (χ2n) is 4.55. The number of alkyl halides is 3. The molecule has 0 aliphatic carbocycles. The van der Waals surface area contributed by atoms with E-state index in [-0.39, 0.29) is 5.56 Å². The van der Waals surface area contributed by atoms with Crippen molar-refractivity contribution in [3.8, 4) is 0 Å². The molecule has 1 N–H and O–H groups in total. The lowest BCUT2D eigenvalue weighted by atomic mass is 9.99. The molecule has 0 saturated heterocycles. The summed E-state index contributed by atoms with van der Waals surface area (Å²) in [6.07, 6.45) is -5.90. The highest BCUT2D eigenvalue weighted by molar-refractivity contribution is 5.34. The predicted octanol–water partition coefficient (Wildman–Crippen LogP) is 4.23. The fourth-order valence-corrected chi connectivity index (χ4v) is 1.87. The molecule has 0 aliphatic rings. The Hall–Kier alpha value is -1.88. The van der Waals surface area contributed by atoms with Crippen LogP contribution in [0.15, 0.2) is 42.5 Å². The molecule has 1 nitrogen and oxygen atoms in total. The first-order valence-electron chi connectivity index (χ1n) is 5.90. The molecule has 0 aliphatic heterocycles. The maximum atomic E-state index is 13.5. The molecule has 0 spiro atoms. The predicted molar refractivity (Wildman–Crippen MR) is 66.6 cm³/mol. The summed E-state index contributed by atoms with van der Waals surface area (Å²) in [4.78, 5) is 0. The Morgan fingerprint density at radius 1 is 0.950 bits per heavy atom. The molecule has 0 fully saturated rings. The van der Waals surface area contributed by atoms with Crippen molar-refractivity contribution in [1.29, 1.82) is 0 Å². The first kappa shape index (κ1) is 14.5. The number of rotatable bonds is 2. The summed E-state index contributed by atoms with van der Waals surface area (Å²) < 4.78 is 50.8. The number of benzene rings is 2. The Morgan fingerprint density at radius 2 is 1.50 bits per heavy atom. The molecular weight excluding hydrogens is 272 g/mol. The van der Waals surface area contributed by atoms with Gasteiger partial charge in [-0.15, -0.1) is 0 Å². The Morgan fingerprint density at radius 3 is 2.00 bits per heavy atom. The fraction of sp³-hybridized carbons (Fsp3) is 0.200. The third kappa shape index (κ3) is 2.99. The van der Waals surface area contributed by atoms with Crippen molar-refractivity contribution >= 4 is 0 Å². The van der Waals surface area contributed by atoms with E-state index in [2.05, 4.69) is 0 Å². The monoisotopic (exact) mass is 284 g/mol. The number of hydrogen-bond acceptors (Lipinski definition) is 1. The van der Waals surface area contributed by atoms with Crippen molar-refractivity contribution in [3.05, 3.63) is 70.5 Å². The van der Waals surface area contributed by atoms with E-state index in [1.165, 1.54) is 0 Å². The van der Waals surface area contributed by atoms with E-state index >= 15 is 0 Å². The normalized spacial score (nSPS) is 13.3. The van der Waals surface area contributed by atoms with Gasteiger partial charge in [0.2, 0.25) is 0 Å². The van der Waals surface area contributed by atoms with Gasteiger partial charge < -0.3 is 5.11 Å². The van der Waals surface area contributed by atoms with Crippen molar-refractivity contribution in [3.63, 3.8) is 0 Å². The van der Waals surface area contributed by atoms with E-state index in [0.717, 1.165) is 11.6 Å². The third-order valence-electron chi connectivity index (χ3n) is 3.01. The average molecular weight is 284 g/mol. The quantitative estimate of drug-likeness (QED) is 0.818. The Kier molecular flexibility index (Phi) is 3.81. The third-order valence-corrected chi connectivity index (χ3v) is 3.01. The highest BCUT2D eigenvalue weighted by Gasteiger charge is 2.34. The molecule has 0 radical (unpaired) electrons. The molecule has 0 saturated carbocycles. The summed E-state index contributed by atoms with van der Waals surface area (Å²) in [5.74, 6) is -1.39. The van der Waals surface area contributed by atoms with Crippen LogP contribution in [0.1, 0.15) is 28.4 Å². The molecule has 0 heterocycles. The standard InChI is InChI=1S/C15H12F4O/c1-9-2-4-10(5-3-9)14(20)11-6-7-12(13(16)8-11)15(17,18)19/h2-8,14,20H,1H3. The van der Waals surface area contributed by atoms with Gasteiger partial charge >= 0.3 is 6.18 Å². The van der Waals surface area contributed by atoms with Gasteiger partial charge in [-0.3, -0.25) is 0 Å². The molecule has 0 bridgehead atoms. The summed E-state index contributed by atoms with van der Waals surface area (Å²) in [6.45, 7) is 1.87. The van der Waals surface area contributed by atoms with E-state index in [9.17, 15) is 22.7 Å². The molecule has 5 heteroatoms. The van der Waals surface area contributed by atoms with Gasteiger partial charge in [-0.25, -0.2) is 4.39 Å². The highest BCUT2D eigenvalue weighted by Crippen LogP contribution is 2.33. The Bertz CT molecular complexity index is 602. The summed E-state index contributed by atoms with van der Waals surface area (Å²) in [7, 11) is 0. The Labute approximate surface area is 113 Å². The van der Waals surface area contributed by atoms with Crippen LogP contribution in [0.4, 0.5) is 17.6 Å². The smallest absolute Gasteiger partial charge is 0.384 e. The lowest BCUT2D eigenvalue weighted by Crippen LogP contribution is -2.09. The molecular formula is C15H12F4O. The molecule has 2 rings (SSSR count). The van der Waals surface area contributed by atoms with Crippen molar-refractivity contribution in [2.75, 3.05) is 0 Å². The summed E-state index contributed by atoms with van der Waals surface area (Å²) >= 11 is 0. The van der Waals surface area contributed by atoms with Crippen molar-refractivity contribution in [1.82, 2.24) is 0 Å². The van der Waals surface area contributed by atoms with Gasteiger partial charge in [0, 0.05) is 0 Å². The van der Waals surface area contributed by atoms with Crippen LogP contribution in [-0.2, 0) is 6.18 Å². The largest absolute Gasteiger partial charge is 0.419 e. The maximum absolute atomic E-state index is 13.5. The molecule has 20 heavy (non-hydrogen) atoms. The minimum absolute atomic E-state index is 0.0827. The first-order valence-corrected chi connectivity index (χ1v) is 5.90.